The molecule has 0 N–H and O–H groups in total. The predicted octanol–water partition coefficient (Wildman–Crippen LogP) is 1.84. The molecule has 2 aromatic heterocycles. The van der Waals surface area contributed by atoms with Crippen molar-refractivity contribution in [1.82, 2.24) is 14.5 Å². The molecule has 0 atom stereocenters. The molecule has 2 rings (SSSR count). The zero-order chi connectivity index (χ0) is 9.42. The van der Waals surface area contributed by atoms with Crippen LogP contribution in [0, 0.1) is 6.92 Å². The van der Waals surface area contributed by atoms with Crippen molar-refractivity contribution < 1.29 is 0 Å². The van der Waals surface area contributed by atoms with Crippen LogP contribution in [-0.4, -0.2) is 14.5 Å². The average molecular weight is 175 g/mol. The van der Waals surface area contributed by atoms with Gasteiger partial charge in [-0.05, 0) is 12.5 Å². The van der Waals surface area contributed by atoms with E-state index in [2.05, 4.69) is 21.5 Å². The lowest BCUT2D eigenvalue weighted by Gasteiger charge is -1.97. The number of hydrogen-bond acceptors (Lipinski definition) is 2. The summed E-state index contributed by atoms with van der Waals surface area (Å²) in [6, 6.07) is 0. The first kappa shape index (κ1) is 8.23. The Bertz CT molecular complexity index is 443. The Morgan fingerprint density at radius 2 is 2.15 bits per heavy atom. The molecule has 0 bridgehead atoms. The second-order valence-corrected chi connectivity index (χ2v) is 3.26. The largest absolute Gasteiger partial charge is 0.330 e. The van der Waals surface area contributed by atoms with Gasteiger partial charge in [0, 0.05) is 19.7 Å². The van der Waals surface area contributed by atoms with Gasteiger partial charge in [-0.3, -0.25) is 4.98 Å². The van der Waals surface area contributed by atoms with E-state index in [1.165, 1.54) is 0 Å². The van der Waals surface area contributed by atoms with Crippen LogP contribution >= 0.6 is 0 Å². The minimum Gasteiger partial charge on any atom is -0.330 e. The highest BCUT2D eigenvalue weighted by atomic mass is 15.1. The molecule has 2 heterocycles. The Kier molecular flexibility index (Phi) is 1.79. The van der Waals surface area contributed by atoms with Crippen LogP contribution in [0.4, 0.5) is 0 Å². The minimum absolute atomic E-state index is 0.963. The van der Waals surface area contributed by atoms with Gasteiger partial charge in [-0.15, -0.1) is 0 Å². The highest BCUT2D eigenvalue weighted by molar-refractivity contribution is 5.78. The maximum absolute atomic E-state index is 4.55. The molecule has 0 unspecified atom stereocenters. The molecule has 3 heteroatoms. The molecule has 0 aromatic carbocycles. The third-order valence-corrected chi connectivity index (χ3v) is 2.39. The van der Waals surface area contributed by atoms with E-state index in [-0.39, 0.29) is 0 Å². The van der Waals surface area contributed by atoms with Crippen LogP contribution < -0.4 is 0 Å². The van der Waals surface area contributed by atoms with E-state index in [0.29, 0.717) is 0 Å². The van der Waals surface area contributed by atoms with Crippen LogP contribution in [0.3, 0.4) is 0 Å². The molecule has 0 aliphatic heterocycles. The van der Waals surface area contributed by atoms with E-state index in [4.69, 9.17) is 0 Å². The lowest BCUT2D eigenvalue weighted by molar-refractivity contribution is 0.828. The summed E-state index contributed by atoms with van der Waals surface area (Å²) in [6.45, 7) is 4.16. The van der Waals surface area contributed by atoms with Crippen molar-refractivity contribution in [3.63, 3.8) is 0 Å². The van der Waals surface area contributed by atoms with Crippen LogP contribution in [0.2, 0.25) is 0 Å². The summed E-state index contributed by atoms with van der Waals surface area (Å²) in [5.74, 6) is 1.12. The summed E-state index contributed by atoms with van der Waals surface area (Å²) in [6.07, 6.45) is 4.69. The zero-order valence-corrected chi connectivity index (χ0v) is 8.20. The van der Waals surface area contributed by atoms with Gasteiger partial charge in [-0.1, -0.05) is 6.92 Å². The van der Waals surface area contributed by atoms with Gasteiger partial charge in [0.05, 0.1) is 17.2 Å². The van der Waals surface area contributed by atoms with Gasteiger partial charge in [0.25, 0.3) is 0 Å². The fourth-order valence-electron chi connectivity index (χ4n) is 1.59. The smallest absolute Gasteiger partial charge is 0.109 e. The van der Waals surface area contributed by atoms with Gasteiger partial charge in [0.15, 0.2) is 0 Å². The van der Waals surface area contributed by atoms with Crippen molar-refractivity contribution in [3.05, 3.63) is 23.8 Å². The number of pyridine rings is 1. The molecule has 0 fully saturated rings. The molecule has 0 spiro atoms. The summed E-state index contributed by atoms with van der Waals surface area (Å²) >= 11 is 0. The molecule has 0 amide bonds. The third-order valence-electron chi connectivity index (χ3n) is 2.39. The first-order valence-electron chi connectivity index (χ1n) is 4.50. The molecule has 13 heavy (non-hydrogen) atoms. The molecule has 2 aromatic rings. The van der Waals surface area contributed by atoms with Crippen molar-refractivity contribution in [3.8, 4) is 0 Å². The summed E-state index contributed by atoms with van der Waals surface area (Å²) in [7, 11) is 2.04. The molecular weight excluding hydrogens is 162 g/mol. The molecule has 0 aliphatic carbocycles. The SMILES string of the molecule is CCc1nc2c(C)cncc2n1C. The second kappa shape index (κ2) is 2.83. The van der Waals surface area contributed by atoms with E-state index in [1.807, 2.05) is 26.4 Å². The van der Waals surface area contributed by atoms with Crippen molar-refractivity contribution in [1.29, 1.82) is 0 Å². The van der Waals surface area contributed by atoms with E-state index in [9.17, 15) is 0 Å². The van der Waals surface area contributed by atoms with Crippen molar-refractivity contribution in [2.24, 2.45) is 7.05 Å². The first-order chi connectivity index (χ1) is 6.24. The van der Waals surface area contributed by atoms with Gasteiger partial charge in [-0.25, -0.2) is 4.98 Å². The standard InChI is InChI=1S/C10H13N3/c1-4-9-12-10-7(2)5-11-6-8(10)13(9)3/h5-6H,4H2,1-3H3. The van der Waals surface area contributed by atoms with Gasteiger partial charge in [0.1, 0.15) is 5.82 Å². The molecule has 0 saturated carbocycles. The van der Waals surface area contributed by atoms with Crippen molar-refractivity contribution in [2.75, 3.05) is 0 Å². The highest BCUT2D eigenvalue weighted by Crippen LogP contribution is 2.16. The fraction of sp³-hybridized carbons (Fsp3) is 0.400. The summed E-state index contributed by atoms with van der Waals surface area (Å²) in [5, 5.41) is 0. The van der Waals surface area contributed by atoms with Gasteiger partial charge >= 0.3 is 0 Å². The summed E-state index contributed by atoms with van der Waals surface area (Å²) in [4.78, 5) is 8.71. The number of hydrogen-bond donors (Lipinski definition) is 0. The number of rotatable bonds is 1. The predicted molar refractivity (Wildman–Crippen MR) is 52.6 cm³/mol. The number of fused-ring (bicyclic) bond motifs is 1. The third kappa shape index (κ3) is 1.11. The zero-order valence-electron chi connectivity index (χ0n) is 8.20. The monoisotopic (exact) mass is 175 g/mol. The first-order valence-corrected chi connectivity index (χ1v) is 4.50. The number of aryl methyl sites for hydroxylation is 3. The quantitative estimate of drug-likeness (QED) is 0.662. The summed E-state index contributed by atoms with van der Waals surface area (Å²) < 4.78 is 2.11. The van der Waals surface area contributed by atoms with Gasteiger partial charge in [0.2, 0.25) is 0 Å². The van der Waals surface area contributed by atoms with Crippen LogP contribution in [0.25, 0.3) is 11.0 Å². The Morgan fingerprint density at radius 3 is 2.77 bits per heavy atom. The number of aromatic nitrogens is 3. The molecule has 0 saturated heterocycles. The molecule has 0 aliphatic rings. The Balaban J connectivity index is 2.83. The average Bonchev–Trinajstić information content (AvgIpc) is 2.45. The van der Waals surface area contributed by atoms with Gasteiger partial charge in [-0.2, -0.15) is 0 Å². The van der Waals surface area contributed by atoms with Gasteiger partial charge < -0.3 is 4.57 Å². The maximum Gasteiger partial charge on any atom is 0.109 e. The lowest BCUT2D eigenvalue weighted by Crippen LogP contribution is -1.94. The van der Waals surface area contributed by atoms with E-state index in [1.54, 1.807) is 0 Å². The Hall–Kier alpha value is -1.38. The molecule has 68 valence electrons. The highest BCUT2D eigenvalue weighted by Gasteiger charge is 2.07. The van der Waals surface area contributed by atoms with E-state index >= 15 is 0 Å². The Labute approximate surface area is 77.4 Å². The van der Waals surface area contributed by atoms with Crippen LogP contribution in [0.1, 0.15) is 18.3 Å². The van der Waals surface area contributed by atoms with Crippen molar-refractivity contribution >= 4 is 11.0 Å². The van der Waals surface area contributed by atoms with Crippen LogP contribution in [-0.2, 0) is 13.5 Å². The topological polar surface area (TPSA) is 30.7 Å². The van der Waals surface area contributed by atoms with Crippen molar-refractivity contribution in [2.45, 2.75) is 20.3 Å². The fourth-order valence-corrected chi connectivity index (χ4v) is 1.59. The number of imidazole rings is 1. The molecule has 3 nitrogen and oxygen atoms in total. The van der Waals surface area contributed by atoms with E-state index in [0.717, 1.165) is 28.8 Å². The van der Waals surface area contributed by atoms with Crippen LogP contribution in [0.5, 0.6) is 0 Å². The lowest BCUT2D eigenvalue weighted by atomic mass is 10.3. The van der Waals surface area contributed by atoms with Crippen LogP contribution in [0.15, 0.2) is 12.4 Å². The maximum atomic E-state index is 4.55. The molecular formula is C10H13N3. The second-order valence-electron chi connectivity index (χ2n) is 3.26. The molecule has 0 radical (unpaired) electrons. The summed E-state index contributed by atoms with van der Waals surface area (Å²) in [5.41, 5.74) is 3.35. The number of nitrogens with zero attached hydrogens (tertiary/aromatic N) is 3. The van der Waals surface area contributed by atoms with E-state index < -0.39 is 0 Å². The minimum atomic E-state index is 0.963. The Morgan fingerprint density at radius 1 is 1.38 bits per heavy atom. The normalized spacial score (nSPS) is 11.0.